The van der Waals surface area contributed by atoms with Crippen LogP contribution in [-0.4, -0.2) is 37.4 Å². The van der Waals surface area contributed by atoms with Crippen molar-refractivity contribution in [1.82, 2.24) is 5.32 Å². The molecule has 0 spiro atoms. The Morgan fingerprint density at radius 2 is 1.87 bits per heavy atom. The molecule has 0 aromatic heterocycles. The van der Waals surface area contributed by atoms with E-state index in [0.717, 1.165) is 18.7 Å². The van der Waals surface area contributed by atoms with Gasteiger partial charge in [0.1, 0.15) is 5.75 Å². The molecule has 1 aliphatic heterocycles. The molecule has 1 saturated heterocycles. The lowest BCUT2D eigenvalue weighted by Crippen LogP contribution is -2.26. The highest BCUT2D eigenvalue weighted by Crippen LogP contribution is 2.23. The highest BCUT2D eigenvalue weighted by Gasteiger charge is 2.21. The molecule has 3 rings (SSSR count). The molecule has 0 unspecified atom stereocenters. The summed E-state index contributed by atoms with van der Waals surface area (Å²) in [6, 6.07) is 14.4. The molecule has 3 amide bonds. The van der Waals surface area contributed by atoms with Gasteiger partial charge in [-0.05, 0) is 56.2 Å². The van der Waals surface area contributed by atoms with Gasteiger partial charge in [0.25, 0.3) is 5.91 Å². The Morgan fingerprint density at radius 1 is 1.10 bits per heavy atom. The third kappa shape index (κ3) is 5.59. The summed E-state index contributed by atoms with van der Waals surface area (Å²) in [5, 5.41) is 5.66. The van der Waals surface area contributed by atoms with Crippen LogP contribution in [0.5, 0.6) is 5.75 Å². The van der Waals surface area contributed by atoms with Gasteiger partial charge in [0.2, 0.25) is 11.8 Å². The van der Waals surface area contributed by atoms with Crippen molar-refractivity contribution in [3.05, 3.63) is 54.1 Å². The quantitative estimate of drug-likeness (QED) is 0.622. The fourth-order valence-electron chi connectivity index (χ4n) is 3.35. The van der Waals surface area contributed by atoms with Gasteiger partial charge in [-0.3, -0.25) is 14.4 Å². The number of amides is 3. The molecule has 0 saturated carbocycles. The van der Waals surface area contributed by atoms with Crippen LogP contribution >= 0.6 is 0 Å². The second kappa shape index (κ2) is 10.4. The SMILES string of the molecule is CCOc1ccccc1C(=O)NCCCC(=O)Nc1ccc(N2CCCC2=O)cc1. The highest BCUT2D eigenvalue weighted by atomic mass is 16.5. The number of nitrogens with one attached hydrogen (secondary N) is 2. The molecule has 0 atom stereocenters. The monoisotopic (exact) mass is 409 g/mol. The van der Waals surface area contributed by atoms with Crippen molar-refractivity contribution < 1.29 is 19.1 Å². The number of benzene rings is 2. The first-order valence-electron chi connectivity index (χ1n) is 10.3. The third-order valence-electron chi connectivity index (χ3n) is 4.83. The van der Waals surface area contributed by atoms with Crippen LogP contribution in [0.2, 0.25) is 0 Å². The van der Waals surface area contributed by atoms with Gasteiger partial charge in [-0.15, -0.1) is 0 Å². The summed E-state index contributed by atoms with van der Waals surface area (Å²) < 4.78 is 5.47. The Labute approximate surface area is 176 Å². The van der Waals surface area contributed by atoms with Gasteiger partial charge in [0.15, 0.2) is 0 Å². The van der Waals surface area contributed by atoms with E-state index in [9.17, 15) is 14.4 Å². The average molecular weight is 409 g/mol. The Hall–Kier alpha value is -3.35. The van der Waals surface area contributed by atoms with E-state index < -0.39 is 0 Å². The first kappa shape index (κ1) is 21.4. The number of carbonyl (C=O) groups excluding carboxylic acids is 3. The van der Waals surface area contributed by atoms with Crippen LogP contribution in [-0.2, 0) is 9.59 Å². The van der Waals surface area contributed by atoms with Crippen molar-refractivity contribution in [1.29, 1.82) is 0 Å². The maximum Gasteiger partial charge on any atom is 0.255 e. The summed E-state index contributed by atoms with van der Waals surface area (Å²) in [5.41, 5.74) is 2.02. The second-order valence-electron chi connectivity index (χ2n) is 7.03. The molecule has 1 heterocycles. The molecule has 1 fully saturated rings. The fourth-order valence-corrected chi connectivity index (χ4v) is 3.35. The van der Waals surface area contributed by atoms with Crippen molar-refractivity contribution in [3.63, 3.8) is 0 Å². The average Bonchev–Trinajstić information content (AvgIpc) is 3.18. The summed E-state index contributed by atoms with van der Waals surface area (Å²) in [5.74, 6) is 0.350. The Bertz CT molecular complexity index is 896. The number of rotatable bonds is 9. The highest BCUT2D eigenvalue weighted by molar-refractivity contribution is 5.97. The van der Waals surface area contributed by atoms with Crippen LogP contribution < -0.4 is 20.3 Å². The number of hydrogen-bond donors (Lipinski definition) is 2. The number of nitrogens with zero attached hydrogens (tertiary/aromatic N) is 1. The minimum absolute atomic E-state index is 0.121. The van der Waals surface area contributed by atoms with E-state index in [1.807, 2.05) is 25.1 Å². The Kier molecular flexibility index (Phi) is 7.43. The topological polar surface area (TPSA) is 87.7 Å². The summed E-state index contributed by atoms with van der Waals surface area (Å²) in [6.45, 7) is 3.49. The molecular formula is C23H27N3O4. The second-order valence-corrected chi connectivity index (χ2v) is 7.03. The lowest BCUT2D eigenvalue weighted by molar-refractivity contribution is -0.117. The molecular weight excluding hydrogens is 382 g/mol. The van der Waals surface area contributed by atoms with E-state index in [4.69, 9.17) is 4.74 Å². The maximum atomic E-state index is 12.3. The van der Waals surface area contributed by atoms with E-state index in [1.54, 1.807) is 35.2 Å². The van der Waals surface area contributed by atoms with Gasteiger partial charge >= 0.3 is 0 Å². The van der Waals surface area contributed by atoms with Gasteiger partial charge in [0.05, 0.1) is 12.2 Å². The standard InChI is InChI=1S/C23H27N3O4/c1-2-30-20-8-4-3-7-19(20)23(29)24-15-5-9-21(27)25-17-11-13-18(14-12-17)26-16-6-10-22(26)28/h3-4,7-8,11-14H,2,5-6,9-10,15-16H2,1H3,(H,24,29)(H,25,27). The van der Waals surface area contributed by atoms with Gasteiger partial charge in [-0.2, -0.15) is 0 Å². The van der Waals surface area contributed by atoms with Crippen LogP contribution in [0.25, 0.3) is 0 Å². The lowest BCUT2D eigenvalue weighted by atomic mass is 10.2. The Morgan fingerprint density at radius 3 is 2.57 bits per heavy atom. The van der Waals surface area contributed by atoms with E-state index in [0.29, 0.717) is 49.4 Å². The minimum atomic E-state index is -0.216. The number of hydrogen-bond acceptors (Lipinski definition) is 4. The molecule has 30 heavy (non-hydrogen) atoms. The molecule has 158 valence electrons. The summed E-state index contributed by atoms with van der Waals surface area (Å²) in [7, 11) is 0. The van der Waals surface area contributed by atoms with E-state index in [-0.39, 0.29) is 17.7 Å². The molecule has 7 heteroatoms. The van der Waals surface area contributed by atoms with Crippen molar-refractivity contribution in [2.75, 3.05) is 29.9 Å². The van der Waals surface area contributed by atoms with E-state index in [1.165, 1.54) is 0 Å². The van der Waals surface area contributed by atoms with Gasteiger partial charge < -0.3 is 20.3 Å². The van der Waals surface area contributed by atoms with Crippen LogP contribution in [0.4, 0.5) is 11.4 Å². The molecule has 2 aromatic carbocycles. The number of para-hydroxylation sites is 1. The van der Waals surface area contributed by atoms with E-state index in [2.05, 4.69) is 10.6 Å². The normalized spacial score (nSPS) is 13.2. The van der Waals surface area contributed by atoms with Crippen LogP contribution in [0, 0.1) is 0 Å². The molecule has 0 bridgehead atoms. The van der Waals surface area contributed by atoms with Crippen LogP contribution in [0.15, 0.2) is 48.5 Å². The zero-order chi connectivity index (χ0) is 21.3. The third-order valence-corrected chi connectivity index (χ3v) is 4.83. The predicted molar refractivity (Wildman–Crippen MR) is 116 cm³/mol. The summed E-state index contributed by atoms with van der Waals surface area (Å²) in [4.78, 5) is 38.0. The van der Waals surface area contributed by atoms with Gasteiger partial charge in [-0.1, -0.05) is 12.1 Å². The van der Waals surface area contributed by atoms with Crippen molar-refractivity contribution >= 4 is 29.1 Å². The van der Waals surface area contributed by atoms with Crippen LogP contribution in [0.1, 0.15) is 43.0 Å². The first-order chi connectivity index (χ1) is 14.6. The number of anilines is 2. The first-order valence-corrected chi connectivity index (χ1v) is 10.3. The molecule has 0 radical (unpaired) electrons. The smallest absolute Gasteiger partial charge is 0.255 e. The molecule has 2 aromatic rings. The maximum absolute atomic E-state index is 12.3. The summed E-state index contributed by atoms with van der Waals surface area (Å²) in [6.07, 6.45) is 2.28. The molecule has 2 N–H and O–H groups in total. The van der Waals surface area contributed by atoms with Crippen LogP contribution in [0.3, 0.4) is 0 Å². The zero-order valence-electron chi connectivity index (χ0n) is 17.1. The van der Waals surface area contributed by atoms with Crippen molar-refractivity contribution in [3.8, 4) is 5.75 Å². The van der Waals surface area contributed by atoms with Gasteiger partial charge in [-0.25, -0.2) is 0 Å². The minimum Gasteiger partial charge on any atom is -0.493 e. The Balaban J connectivity index is 1.41. The molecule has 7 nitrogen and oxygen atoms in total. The molecule has 0 aliphatic carbocycles. The predicted octanol–water partition coefficient (Wildman–Crippen LogP) is 3.36. The zero-order valence-corrected chi connectivity index (χ0v) is 17.1. The molecule has 1 aliphatic rings. The summed E-state index contributed by atoms with van der Waals surface area (Å²) >= 11 is 0. The number of ether oxygens (including phenoxy) is 1. The number of carbonyl (C=O) groups is 3. The lowest BCUT2D eigenvalue weighted by Gasteiger charge is -2.16. The van der Waals surface area contributed by atoms with Crippen molar-refractivity contribution in [2.24, 2.45) is 0 Å². The van der Waals surface area contributed by atoms with Gasteiger partial charge in [0, 0.05) is 37.3 Å². The fraction of sp³-hybridized carbons (Fsp3) is 0.348. The largest absolute Gasteiger partial charge is 0.493 e. The van der Waals surface area contributed by atoms with Crippen molar-refractivity contribution in [2.45, 2.75) is 32.6 Å². The van der Waals surface area contributed by atoms with E-state index >= 15 is 0 Å².